The molecule has 0 aromatic carbocycles. The molecular weight excluding hydrogens is 190 g/mol. The zero-order chi connectivity index (χ0) is 11.1. The van der Waals surface area contributed by atoms with Crippen LogP contribution in [0.4, 0.5) is 5.82 Å². The van der Waals surface area contributed by atoms with Gasteiger partial charge >= 0.3 is 0 Å². The van der Waals surface area contributed by atoms with E-state index >= 15 is 0 Å². The SMILES string of the molecule is CCCC1(C)CC(=O)c2c(N)n[nH]c2C1. The van der Waals surface area contributed by atoms with Gasteiger partial charge in [-0.15, -0.1) is 0 Å². The fourth-order valence-corrected chi connectivity index (χ4v) is 2.58. The first kappa shape index (κ1) is 10.2. The molecule has 1 aromatic rings. The molecule has 0 fully saturated rings. The van der Waals surface area contributed by atoms with Crippen LogP contribution < -0.4 is 5.73 Å². The number of H-pyrrole nitrogens is 1. The highest BCUT2D eigenvalue weighted by Gasteiger charge is 2.36. The van der Waals surface area contributed by atoms with Crippen LogP contribution in [0.25, 0.3) is 0 Å². The van der Waals surface area contributed by atoms with Gasteiger partial charge in [0.05, 0.1) is 5.56 Å². The number of aromatic amines is 1. The standard InChI is InChI=1S/C11H17N3O/c1-3-4-11(2)5-7-9(8(15)6-11)10(12)14-13-7/h3-6H2,1-2H3,(H3,12,13,14). The van der Waals surface area contributed by atoms with E-state index in [0.29, 0.717) is 17.8 Å². The molecule has 3 N–H and O–H groups in total. The van der Waals surface area contributed by atoms with Crippen LogP contribution in [-0.4, -0.2) is 16.0 Å². The van der Waals surface area contributed by atoms with E-state index in [4.69, 9.17) is 5.73 Å². The molecule has 0 saturated heterocycles. The van der Waals surface area contributed by atoms with Crippen molar-refractivity contribution in [1.29, 1.82) is 0 Å². The molecule has 1 heterocycles. The number of carbonyl (C=O) groups excluding carboxylic acids is 1. The van der Waals surface area contributed by atoms with Crippen LogP contribution >= 0.6 is 0 Å². The third-order valence-corrected chi connectivity index (χ3v) is 3.19. The number of nitrogens with zero attached hydrogens (tertiary/aromatic N) is 1. The number of fused-ring (bicyclic) bond motifs is 1. The number of aromatic nitrogens is 2. The number of anilines is 1. The minimum Gasteiger partial charge on any atom is -0.382 e. The van der Waals surface area contributed by atoms with Gasteiger partial charge in [-0.1, -0.05) is 20.3 Å². The van der Waals surface area contributed by atoms with E-state index in [1.807, 2.05) is 0 Å². The predicted octanol–water partition coefficient (Wildman–Crippen LogP) is 1.93. The molecule has 0 bridgehead atoms. The summed E-state index contributed by atoms with van der Waals surface area (Å²) < 4.78 is 0. The highest BCUT2D eigenvalue weighted by Crippen LogP contribution is 2.39. The number of nitrogens with two attached hydrogens (primary N) is 1. The Labute approximate surface area is 89.2 Å². The predicted molar refractivity (Wildman–Crippen MR) is 58.7 cm³/mol. The van der Waals surface area contributed by atoms with Crippen LogP contribution in [0, 0.1) is 5.41 Å². The van der Waals surface area contributed by atoms with Crippen molar-refractivity contribution < 1.29 is 4.79 Å². The van der Waals surface area contributed by atoms with Crippen LogP contribution in [0.1, 0.15) is 49.2 Å². The molecule has 4 heteroatoms. The molecule has 2 rings (SSSR count). The molecule has 0 aliphatic heterocycles. The zero-order valence-electron chi connectivity index (χ0n) is 9.26. The van der Waals surface area contributed by atoms with Crippen molar-refractivity contribution >= 4 is 11.6 Å². The lowest BCUT2D eigenvalue weighted by atomic mass is 9.72. The van der Waals surface area contributed by atoms with Crippen LogP contribution in [0.2, 0.25) is 0 Å². The Hall–Kier alpha value is -1.32. The lowest BCUT2D eigenvalue weighted by Crippen LogP contribution is -2.29. The Kier molecular flexibility index (Phi) is 2.29. The summed E-state index contributed by atoms with van der Waals surface area (Å²) in [5.41, 5.74) is 7.28. The van der Waals surface area contributed by atoms with Gasteiger partial charge in [0.25, 0.3) is 0 Å². The Morgan fingerprint density at radius 1 is 1.53 bits per heavy atom. The lowest BCUT2D eigenvalue weighted by Gasteiger charge is -2.31. The molecule has 82 valence electrons. The summed E-state index contributed by atoms with van der Waals surface area (Å²) in [6, 6.07) is 0. The van der Waals surface area contributed by atoms with Gasteiger partial charge in [-0.25, -0.2) is 0 Å². The Morgan fingerprint density at radius 3 is 2.93 bits per heavy atom. The van der Waals surface area contributed by atoms with Gasteiger partial charge in [-0.05, 0) is 18.3 Å². The zero-order valence-corrected chi connectivity index (χ0v) is 9.26. The summed E-state index contributed by atoms with van der Waals surface area (Å²) >= 11 is 0. The molecule has 0 spiro atoms. The van der Waals surface area contributed by atoms with Crippen LogP contribution in [0.3, 0.4) is 0 Å². The topological polar surface area (TPSA) is 71.8 Å². The monoisotopic (exact) mass is 207 g/mol. The number of hydrogen-bond acceptors (Lipinski definition) is 3. The van der Waals surface area contributed by atoms with E-state index in [9.17, 15) is 4.79 Å². The molecule has 1 unspecified atom stereocenters. The summed E-state index contributed by atoms with van der Waals surface area (Å²) in [4.78, 5) is 11.9. The quantitative estimate of drug-likeness (QED) is 0.778. The van der Waals surface area contributed by atoms with E-state index < -0.39 is 0 Å². The second-order valence-electron chi connectivity index (χ2n) is 4.80. The number of Topliss-reactive ketones (excluding diaryl/α,β-unsaturated/α-hetero) is 1. The number of hydrogen-bond donors (Lipinski definition) is 2. The fraction of sp³-hybridized carbons (Fsp3) is 0.636. The fourth-order valence-electron chi connectivity index (χ4n) is 2.58. The Morgan fingerprint density at radius 2 is 2.27 bits per heavy atom. The van der Waals surface area contributed by atoms with Crippen LogP contribution in [0.15, 0.2) is 0 Å². The van der Waals surface area contributed by atoms with E-state index in [-0.39, 0.29) is 11.2 Å². The maximum Gasteiger partial charge on any atom is 0.169 e. The second kappa shape index (κ2) is 3.36. The molecule has 1 aliphatic rings. The molecule has 1 aromatic heterocycles. The second-order valence-corrected chi connectivity index (χ2v) is 4.80. The first-order chi connectivity index (χ1) is 7.06. The first-order valence-electron chi connectivity index (χ1n) is 5.41. The largest absolute Gasteiger partial charge is 0.382 e. The molecule has 15 heavy (non-hydrogen) atoms. The number of nitrogens with one attached hydrogen (secondary N) is 1. The van der Waals surface area contributed by atoms with Crippen LogP contribution in [-0.2, 0) is 6.42 Å². The van der Waals surface area contributed by atoms with Gasteiger partial charge in [0.2, 0.25) is 0 Å². The number of carbonyl (C=O) groups is 1. The summed E-state index contributed by atoms with van der Waals surface area (Å²) in [5, 5.41) is 6.78. The van der Waals surface area contributed by atoms with Gasteiger partial charge < -0.3 is 5.73 Å². The normalized spacial score (nSPS) is 25.3. The van der Waals surface area contributed by atoms with Crippen molar-refractivity contribution in [3.8, 4) is 0 Å². The van der Waals surface area contributed by atoms with Crippen molar-refractivity contribution in [2.24, 2.45) is 5.41 Å². The molecular formula is C11H17N3O. The average Bonchev–Trinajstić information content (AvgIpc) is 2.46. The Bertz CT molecular complexity index is 397. The first-order valence-corrected chi connectivity index (χ1v) is 5.41. The third kappa shape index (κ3) is 1.64. The summed E-state index contributed by atoms with van der Waals surface area (Å²) in [7, 11) is 0. The van der Waals surface area contributed by atoms with Gasteiger partial charge in [0, 0.05) is 12.1 Å². The lowest BCUT2D eigenvalue weighted by molar-refractivity contribution is 0.0890. The average molecular weight is 207 g/mol. The number of ketones is 1. The molecule has 1 atom stereocenters. The van der Waals surface area contributed by atoms with Crippen molar-refractivity contribution in [2.45, 2.75) is 39.5 Å². The van der Waals surface area contributed by atoms with Gasteiger partial charge in [0.1, 0.15) is 0 Å². The summed E-state index contributed by atoms with van der Waals surface area (Å²) in [5.74, 6) is 0.493. The number of rotatable bonds is 2. The van der Waals surface area contributed by atoms with E-state index in [1.165, 1.54) is 0 Å². The summed E-state index contributed by atoms with van der Waals surface area (Å²) in [6.45, 7) is 4.31. The molecule has 1 aliphatic carbocycles. The smallest absolute Gasteiger partial charge is 0.169 e. The number of nitrogen functional groups attached to an aromatic ring is 1. The third-order valence-electron chi connectivity index (χ3n) is 3.19. The van der Waals surface area contributed by atoms with Crippen LogP contribution in [0.5, 0.6) is 0 Å². The minimum atomic E-state index is 0.0812. The van der Waals surface area contributed by atoms with Crippen molar-refractivity contribution in [1.82, 2.24) is 10.2 Å². The van der Waals surface area contributed by atoms with E-state index in [2.05, 4.69) is 24.0 Å². The van der Waals surface area contributed by atoms with Crippen molar-refractivity contribution in [3.05, 3.63) is 11.3 Å². The van der Waals surface area contributed by atoms with Gasteiger partial charge in [0.15, 0.2) is 11.6 Å². The van der Waals surface area contributed by atoms with Crippen molar-refractivity contribution in [2.75, 3.05) is 5.73 Å². The minimum absolute atomic E-state index is 0.0812. The highest BCUT2D eigenvalue weighted by molar-refractivity contribution is 6.02. The summed E-state index contributed by atoms with van der Waals surface area (Å²) in [6.07, 6.45) is 3.64. The van der Waals surface area contributed by atoms with E-state index in [1.54, 1.807) is 0 Å². The van der Waals surface area contributed by atoms with E-state index in [0.717, 1.165) is 25.0 Å². The highest BCUT2D eigenvalue weighted by atomic mass is 16.1. The molecule has 0 amide bonds. The molecule has 0 radical (unpaired) electrons. The molecule has 0 saturated carbocycles. The van der Waals surface area contributed by atoms with Gasteiger partial charge in [-0.3, -0.25) is 9.89 Å². The molecule has 4 nitrogen and oxygen atoms in total. The maximum absolute atomic E-state index is 11.9. The van der Waals surface area contributed by atoms with Gasteiger partial charge in [-0.2, -0.15) is 5.10 Å². The van der Waals surface area contributed by atoms with Crippen molar-refractivity contribution in [3.63, 3.8) is 0 Å². The maximum atomic E-state index is 11.9. The Balaban J connectivity index is 2.35.